The summed E-state index contributed by atoms with van der Waals surface area (Å²) < 4.78 is 0. The molecule has 2 aromatic carbocycles. The fourth-order valence-electron chi connectivity index (χ4n) is 2.83. The molecule has 0 aliphatic heterocycles. The third-order valence-electron chi connectivity index (χ3n) is 4.50. The van der Waals surface area contributed by atoms with Crippen LogP contribution in [0.2, 0.25) is 0 Å². The summed E-state index contributed by atoms with van der Waals surface area (Å²) in [7, 11) is 0. The molecule has 0 unspecified atom stereocenters. The summed E-state index contributed by atoms with van der Waals surface area (Å²) in [5.41, 5.74) is 3.61. The molecule has 0 saturated heterocycles. The van der Waals surface area contributed by atoms with Crippen molar-refractivity contribution in [2.45, 2.75) is 70.1 Å². The number of benzene rings is 2. The van der Waals surface area contributed by atoms with Crippen LogP contribution in [0.15, 0.2) is 53.4 Å². The van der Waals surface area contributed by atoms with Crippen LogP contribution in [0.5, 0.6) is 0 Å². The Balaban J connectivity index is 1.81. The lowest BCUT2D eigenvalue weighted by molar-refractivity contribution is 0.706. The summed E-state index contributed by atoms with van der Waals surface area (Å²) in [5, 5.41) is 0. The summed E-state index contributed by atoms with van der Waals surface area (Å²) in [6.45, 7) is 4.51. The van der Waals surface area contributed by atoms with E-state index in [-0.39, 0.29) is 0 Å². The van der Waals surface area contributed by atoms with Gasteiger partial charge in [0.2, 0.25) is 0 Å². The number of unbranched alkanes of at least 4 members (excludes halogenated alkanes) is 5. The maximum atomic E-state index is 3.28. The smallest absolute Gasteiger partial charge is 0.0249 e. The number of rotatable bonds is 10. The predicted octanol–water partition coefficient (Wildman–Crippen LogP) is 7.49. The third kappa shape index (κ3) is 8.15. The van der Waals surface area contributed by atoms with E-state index in [2.05, 4.69) is 74.2 Å². The topological polar surface area (TPSA) is 0 Å². The first-order chi connectivity index (χ1) is 12.8. The molecule has 1 heteroatoms. The van der Waals surface area contributed by atoms with Crippen LogP contribution in [0, 0.1) is 11.8 Å². The van der Waals surface area contributed by atoms with Crippen molar-refractivity contribution in [2.24, 2.45) is 0 Å². The van der Waals surface area contributed by atoms with Gasteiger partial charge >= 0.3 is 0 Å². The van der Waals surface area contributed by atoms with Gasteiger partial charge in [0, 0.05) is 16.0 Å². The first kappa shape index (κ1) is 20.7. The molecule has 0 bridgehead atoms. The average Bonchev–Trinajstić information content (AvgIpc) is 2.68. The molecular weight excluding hydrogens is 332 g/mol. The van der Waals surface area contributed by atoms with Crippen molar-refractivity contribution < 1.29 is 0 Å². The molecule has 26 heavy (non-hydrogen) atoms. The summed E-state index contributed by atoms with van der Waals surface area (Å²) >= 11 is 1.96. The fraction of sp³-hybridized carbons (Fsp3) is 0.440. The molecular formula is C25H32S. The predicted molar refractivity (Wildman–Crippen MR) is 117 cm³/mol. The third-order valence-corrected chi connectivity index (χ3v) is 5.59. The van der Waals surface area contributed by atoms with E-state index in [0.29, 0.717) is 0 Å². The Morgan fingerprint density at radius 3 is 1.85 bits per heavy atom. The minimum absolute atomic E-state index is 1.09. The molecule has 0 heterocycles. The van der Waals surface area contributed by atoms with Crippen molar-refractivity contribution in [2.75, 3.05) is 5.75 Å². The number of hydrogen-bond donors (Lipinski definition) is 0. The van der Waals surface area contributed by atoms with Crippen molar-refractivity contribution in [1.82, 2.24) is 0 Å². The minimum Gasteiger partial charge on any atom is -0.126 e. The van der Waals surface area contributed by atoms with Gasteiger partial charge in [-0.2, -0.15) is 0 Å². The Morgan fingerprint density at radius 1 is 0.654 bits per heavy atom. The quantitative estimate of drug-likeness (QED) is 0.239. The van der Waals surface area contributed by atoms with E-state index in [1.807, 2.05) is 11.8 Å². The lowest BCUT2D eigenvalue weighted by Crippen LogP contribution is -1.85. The molecule has 0 amide bonds. The van der Waals surface area contributed by atoms with E-state index in [4.69, 9.17) is 0 Å². The van der Waals surface area contributed by atoms with Gasteiger partial charge < -0.3 is 0 Å². The highest BCUT2D eigenvalue weighted by atomic mass is 32.2. The molecule has 0 radical (unpaired) electrons. The number of thioether (sulfide) groups is 1. The highest BCUT2D eigenvalue weighted by Gasteiger charge is 1.96. The zero-order valence-corrected chi connectivity index (χ0v) is 17.2. The van der Waals surface area contributed by atoms with E-state index < -0.39 is 0 Å². The van der Waals surface area contributed by atoms with Crippen LogP contribution in [-0.2, 0) is 6.42 Å². The molecule has 0 spiro atoms. The van der Waals surface area contributed by atoms with Crippen LogP contribution in [0.4, 0.5) is 0 Å². The first-order valence-corrected chi connectivity index (χ1v) is 11.1. The molecule has 2 aromatic rings. The van der Waals surface area contributed by atoms with Crippen molar-refractivity contribution in [3.8, 4) is 11.8 Å². The Morgan fingerprint density at radius 2 is 1.23 bits per heavy atom. The highest BCUT2D eigenvalue weighted by molar-refractivity contribution is 7.99. The Kier molecular flexibility index (Phi) is 10.1. The van der Waals surface area contributed by atoms with Gasteiger partial charge in [0.25, 0.3) is 0 Å². The monoisotopic (exact) mass is 364 g/mol. The Bertz CT molecular complexity index is 671. The maximum absolute atomic E-state index is 3.28. The maximum Gasteiger partial charge on any atom is 0.0249 e. The minimum atomic E-state index is 1.09. The van der Waals surface area contributed by atoms with Crippen molar-refractivity contribution in [3.05, 3.63) is 65.2 Å². The second-order valence-electron chi connectivity index (χ2n) is 6.84. The zero-order valence-electron chi connectivity index (χ0n) is 16.4. The second-order valence-corrected chi connectivity index (χ2v) is 8.01. The molecule has 0 aromatic heterocycles. The molecule has 0 aliphatic carbocycles. The summed E-state index contributed by atoms with van der Waals surface area (Å²) in [5.74, 6) is 7.79. The lowest BCUT2D eigenvalue weighted by atomic mass is 10.1. The van der Waals surface area contributed by atoms with Crippen molar-refractivity contribution in [3.63, 3.8) is 0 Å². The number of hydrogen-bond acceptors (Lipinski definition) is 1. The van der Waals surface area contributed by atoms with Crippen molar-refractivity contribution >= 4 is 11.8 Å². The van der Waals surface area contributed by atoms with Gasteiger partial charge in [-0.05, 0) is 67.0 Å². The van der Waals surface area contributed by atoms with Gasteiger partial charge in [-0.1, -0.05) is 69.9 Å². The van der Waals surface area contributed by atoms with Crippen LogP contribution in [-0.4, -0.2) is 5.75 Å². The summed E-state index contributed by atoms with van der Waals surface area (Å²) in [4.78, 5) is 1.35. The lowest BCUT2D eigenvalue weighted by Gasteiger charge is -2.02. The van der Waals surface area contributed by atoms with E-state index in [1.165, 1.54) is 67.6 Å². The van der Waals surface area contributed by atoms with Crippen LogP contribution < -0.4 is 0 Å². The van der Waals surface area contributed by atoms with E-state index in [9.17, 15) is 0 Å². The van der Waals surface area contributed by atoms with Crippen LogP contribution in [0.25, 0.3) is 0 Å². The van der Waals surface area contributed by atoms with Crippen LogP contribution in [0.1, 0.15) is 75.5 Å². The molecule has 0 atom stereocenters. The fourth-order valence-corrected chi connectivity index (χ4v) is 3.74. The van der Waals surface area contributed by atoms with Gasteiger partial charge in [0.15, 0.2) is 0 Å². The standard InChI is InChI=1S/C25H32S/c1-3-5-7-9-21-26-25-19-17-24(18-20-25)16-15-23-13-11-22(12-14-23)10-8-6-4-2/h11-14,17-20H,3-10,21H2,1-2H3. The molecule has 0 fully saturated rings. The molecule has 0 N–H and O–H groups in total. The molecule has 0 aliphatic rings. The summed E-state index contributed by atoms with van der Waals surface area (Å²) in [6, 6.07) is 17.4. The van der Waals surface area contributed by atoms with Gasteiger partial charge in [-0.3, -0.25) is 0 Å². The average molecular weight is 365 g/mol. The largest absolute Gasteiger partial charge is 0.126 e. The van der Waals surface area contributed by atoms with Crippen molar-refractivity contribution in [1.29, 1.82) is 0 Å². The van der Waals surface area contributed by atoms with E-state index in [0.717, 1.165) is 11.1 Å². The normalized spacial score (nSPS) is 10.4. The SMILES string of the molecule is CCCCCCSc1ccc(C#Cc2ccc(CCCCC)cc2)cc1. The zero-order chi connectivity index (χ0) is 18.5. The Hall–Kier alpha value is -1.65. The first-order valence-electron chi connectivity index (χ1n) is 10.2. The molecule has 138 valence electrons. The molecule has 0 saturated carbocycles. The van der Waals surface area contributed by atoms with E-state index >= 15 is 0 Å². The van der Waals surface area contributed by atoms with Gasteiger partial charge in [-0.25, -0.2) is 0 Å². The highest BCUT2D eigenvalue weighted by Crippen LogP contribution is 2.20. The van der Waals surface area contributed by atoms with E-state index in [1.54, 1.807) is 0 Å². The number of aryl methyl sites for hydroxylation is 1. The Labute approximate surface area is 164 Å². The van der Waals surface area contributed by atoms with Gasteiger partial charge in [0.1, 0.15) is 0 Å². The van der Waals surface area contributed by atoms with Crippen LogP contribution >= 0.6 is 11.8 Å². The molecule has 0 nitrogen and oxygen atoms in total. The van der Waals surface area contributed by atoms with Crippen LogP contribution in [0.3, 0.4) is 0 Å². The summed E-state index contributed by atoms with van der Waals surface area (Å²) in [6.07, 6.45) is 10.4. The van der Waals surface area contributed by atoms with Gasteiger partial charge in [-0.15, -0.1) is 11.8 Å². The van der Waals surface area contributed by atoms with Gasteiger partial charge in [0.05, 0.1) is 0 Å². The second kappa shape index (κ2) is 12.7. The molecule has 2 rings (SSSR count).